The molecule has 0 aliphatic carbocycles. The molecule has 0 aliphatic rings. The number of nitrogens with two attached hydrogens (primary N) is 1. The van der Waals surface area contributed by atoms with E-state index in [1.54, 1.807) is 27.6 Å². The van der Waals surface area contributed by atoms with Crippen LogP contribution in [0.5, 0.6) is 0 Å². The van der Waals surface area contributed by atoms with Gasteiger partial charge in [-0.1, -0.05) is 0 Å². The molecular formula is C19H22N10O2. The van der Waals surface area contributed by atoms with E-state index in [0.717, 1.165) is 5.69 Å². The van der Waals surface area contributed by atoms with E-state index in [4.69, 9.17) is 5.73 Å². The molecule has 0 unspecified atom stereocenters. The molecule has 0 aliphatic heterocycles. The van der Waals surface area contributed by atoms with Crippen LogP contribution in [0.1, 0.15) is 18.3 Å². The third kappa shape index (κ3) is 4.28. The number of anilines is 4. The summed E-state index contributed by atoms with van der Waals surface area (Å²) in [5.74, 6) is 0.801. The summed E-state index contributed by atoms with van der Waals surface area (Å²) in [4.78, 5) is 29.5. The van der Waals surface area contributed by atoms with Crippen LogP contribution >= 0.6 is 0 Å². The van der Waals surface area contributed by atoms with Gasteiger partial charge in [-0.2, -0.15) is 15.1 Å². The molecule has 12 heteroatoms. The van der Waals surface area contributed by atoms with Crippen LogP contribution in [0.25, 0.3) is 11.2 Å². The summed E-state index contributed by atoms with van der Waals surface area (Å²) in [6.07, 6.45) is 3.08. The van der Waals surface area contributed by atoms with Gasteiger partial charge in [-0.3, -0.25) is 9.78 Å². The summed E-state index contributed by atoms with van der Waals surface area (Å²) in [5.41, 5.74) is 8.75. The zero-order valence-electron chi connectivity index (χ0n) is 17.1. The number of fused-ring (bicyclic) bond motifs is 1. The van der Waals surface area contributed by atoms with Crippen LogP contribution in [0.2, 0.25) is 0 Å². The van der Waals surface area contributed by atoms with Crippen molar-refractivity contribution in [1.29, 1.82) is 0 Å². The van der Waals surface area contributed by atoms with Crippen molar-refractivity contribution in [3.05, 3.63) is 42.1 Å². The van der Waals surface area contributed by atoms with Gasteiger partial charge in [0, 0.05) is 24.5 Å². The second-order valence-electron chi connectivity index (χ2n) is 6.83. The number of rotatable bonds is 7. The van der Waals surface area contributed by atoms with Crippen molar-refractivity contribution >= 4 is 40.3 Å². The molecule has 160 valence electrons. The Labute approximate surface area is 177 Å². The van der Waals surface area contributed by atoms with Crippen molar-refractivity contribution in [3.8, 4) is 0 Å². The lowest BCUT2D eigenvalue weighted by molar-refractivity contribution is -0.116. The Morgan fingerprint density at radius 1 is 1.26 bits per heavy atom. The van der Waals surface area contributed by atoms with Crippen LogP contribution in [0, 0.1) is 6.92 Å². The first kappa shape index (κ1) is 20.2. The maximum Gasteiger partial charge on any atom is 0.245 e. The predicted octanol–water partition coefficient (Wildman–Crippen LogP) is 1.20. The van der Waals surface area contributed by atoms with Crippen molar-refractivity contribution < 1.29 is 9.90 Å². The minimum Gasteiger partial charge on any atom is -0.390 e. The number of aliphatic hydroxyl groups is 1. The van der Waals surface area contributed by atoms with E-state index in [1.807, 2.05) is 19.9 Å². The van der Waals surface area contributed by atoms with Gasteiger partial charge in [-0.15, -0.1) is 0 Å². The molecule has 4 heterocycles. The fourth-order valence-electron chi connectivity index (χ4n) is 3.17. The molecule has 0 saturated heterocycles. The van der Waals surface area contributed by atoms with Gasteiger partial charge in [0.05, 0.1) is 24.3 Å². The number of aryl methyl sites for hydroxylation is 2. The molecule has 0 saturated carbocycles. The first-order chi connectivity index (χ1) is 15.0. The minimum absolute atomic E-state index is 0.00967. The number of aliphatic hydroxyl groups excluding tert-OH is 1. The quantitative estimate of drug-likeness (QED) is 0.343. The zero-order chi connectivity index (χ0) is 22.0. The van der Waals surface area contributed by atoms with Crippen LogP contribution < -0.4 is 16.4 Å². The molecule has 12 nitrogen and oxygen atoms in total. The highest BCUT2D eigenvalue weighted by Gasteiger charge is 2.16. The number of pyridine rings is 1. The number of aromatic nitrogens is 7. The van der Waals surface area contributed by atoms with Gasteiger partial charge in [-0.05, 0) is 26.0 Å². The average Bonchev–Trinajstić information content (AvgIpc) is 3.30. The van der Waals surface area contributed by atoms with E-state index in [9.17, 15) is 9.90 Å². The molecule has 0 atom stereocenters. The number of nitrogens with one attached hydrogen (secondary N) is 2. The lowest BCUT2D eigenvalue weighted by atomic mass is 10.3. The number of amides is 1. The Morgan fingerprint density at radius 2 is 2.10 bits per heavy atom. The van der Waals surface area contributed by atoms with Gasteiger partial charge in [0.1, 0.15) is 12.4 Å². The van der Waals surface area contributed by atoms with Crippen molar-refractivity contribution in [3.63, 3.8) is 0 Å². The standard InChI is InChI=1S/C19H22N10O2/c1-3-29-14(6-11(2)27-29)24-15(31)8-28-10-22-16-17(25-19(20)26-18(16)28)23-12-4-5-21-13(7-12)9-30/h4-7,10,30H,3,8-9H2,1-2H3,(H,24,31)(H3,20,21,23,25,26). The number of hydrogen-bond donors (Lipinski definition) is 4. The highest BCUT2D eigenvalue weighted by molar-refractivity contribution is 5.92. The summed E-state index contributed by atoms with van der Waals surface area (Å²) >= 11 is 0. The number of hydrogen-bond acceptors (Lipinski definition) is 9. The van der Waals surface area contributed by atoms with Crippen molar-refractivity contribution in [2.45, 2.75) is 33.5 Å². The molecule has 31 heavy (non-hydrogen) atoms. The summed E-state index contributed by atoms with van der Waals surface area (Å²) in [7, 11) is 0. The molecule has 4 rings (SSSR count). The zero-order valence-corrected chi connectivity index (χ0v) is 17.1. The SMILES string of the molecule is CCn1nc(C)cc1NC(=O)Cn1cnc2c(Nc3ccnc(CO)c3)nc(N)nc21. The van der Waals surface area contributed by atoms with E-state index in [2.05, 4.69) is 35.7 Å². The predicted molar refractivity (Wildman–Crippen MR) is 114 cm³/mol. The maximum atomic E-state index is 12.6. The van der Waals surface area contributed by atoms with Crippen LogP contribution in [-0.4, -0.2) is 45.3 Å². The Balaban J connectivity index is 1.59. The van der Waals surface area contributed by atoms with Crippen LogP contribution in [0.15, 0.2) is 30.7 Å². The third-order valence-electron chi connectivity index (χ3n) is 4.51. The van der Waals surface area contributed by atoms with E-state index in [0.29, 0.717) is 40.7 Å². The van der Waals surface area contributed by atoms with Crippen molar-refractivity contribution in [2.24, 2.45) is 0 Å². The van der Waals surface area contributed by atoms with Crippen LogP contribution in [-0.2, 0) is 24.5 Å². The fourth-order valence-corrected chi connectivity index (χ4v) is 3.17. The number of nitrogen functional groups attached to an aromatic ring is 1. The monoisotopic (exact) mass is 422 g/mol. The molecule has 0 spiro atoms. The number of imidazole rings is 1. The number of carbonyl (C=O) groups excluding carboxylic acids is 1. The van der Waals surface area contributed by atoms with Gasteiger partial charge in [0.25, 0.3) is 0 Å². The Bertz CT molecular complexity index is 1250. The normalized spacial score (nSPS) is 11.1. The Kier molecular flexibility index (Phi) is 5.45. The van der Waals surface area contributed by atoms with Gasteiger partial charge in [-0.25, -0.2) is 9.67 Å². The average molecular weight is 422 g/mol. The van der Waals surface area contributed by atoms with Gasteiger partial charge < -0.3 is 26.0 Å². The second kappa shape index (κ2) is 8.36. The van der Waals surface area contributed by atoms with E-state index < -0.39 is 0 Å². The highest BCUT2D eigenvalue weighted by Crippen LogP contribution is 2.24. The molecular weight excluding hydrogens is 400 g/mol. The molecule has 4 aromatic rings. The molecule has 1 amide bonds. The van der Waals surface area contributed by atoms with E-state index >= 15 is 0 Å². The highest BCUT2D eigenvalue weighted by atomic mass is 16.3. The van der Waals surface area contributed by atoms with Crippen molar-refractivity contribution in [2.75, 3.05) is 16.4 Å². The smallest absolute Gasteiger partial charge is 0.245 e. The topological polar surface area (TPSA) is 162 Å². The Morgan fingerprint density at radius 3 is 2.87 bits per heavy atom. The Hall–Kier alpha value is -4.06. The second-order valence-corrected chi connectivity index (χ2v) is 6.83. The van der Waals surface area contributed by atoms with Gasteiger partial charge in [0.2, 0.25) is 11.9 Å². The molecule has 0 bridgehead atoms. The molecule has 5 N–H and O–H groups in total. The summed E-state index contributed by atoms with van der Waals surface area (Å²) in [6.45, 7) is 4.27. The minimum atomic E-state index is -0.248. The number of nitrogens with zero attached hydrogens (tertiary/aromatic N) is 7. The maximum absolute atomic E-state index is 12.6. The van der Waals surface area contributed by atoms with E-state index in [1.165, 1.54) is 6.33 Å². The first-order valence-electron chi connectivity index (χ1n) is 9.62. The lowest BCUT2D eigenvalue weighted by Crippen LogP contribution is -2.20. The first-order valence-corrected chi connectivity index (χ1v) is 9.62. The van der Waals surface area contributed by atoms with Crippen LogP contribution in [0.4, 0.5) is 23.3 Å². The molecule has 0 radical (unpaired) electrons. The summed E-state index contributed by atoms with van der Waals surface area (Å²) in [5, 5.41) is 19.6. The van der Waals surface area contributed by atoms with Gasteiger partial charge in [0.15, 0.2) is 17.0 Å². The number of carbonyl (C=O) groups is 1. The largest absolute Gasteiger partial charge is 0.390 e. The van der Waals surface area contributed by atoms with E-state index in [-0.39, 0.29) is 25.0 Å². The molecule has 4 aromatic heterocycles. The molecule has 0 fully saturated rings. The summed E-state index contributed by atoms with van der Waals surface area (Å²) < 4.78 is 3.32. The molecule has 0 aromatic carbocycles. The fraction of sp³-hybridized carbons (Fsp3) is 0.263. The lowest BCUT2D eigenvalue weighted by Gasteiger charge is -2.09. The summed E-state index contributed by atoms with van der Waals surface area (Å²) in [6, 6.07) is 5.23. The van der Waals surface area contributed by atoms with Crippen LogP contribution in [0.3, 0.4) is 0 Å². The van der Waals surface area contributed by atoms with Gasteiger partial charge >= 0.3 is 0 Å². The van der Waals surface area contributed by atoms with Crippen molar-refractivity contribution in [1.82, 2.24) is 34.3 Å². The third-order valence-corrected chi connectivity index (χ3v) is 4.51.